The van der Waals surface area contributed by atoms with E-state index in [9.17, 15) is 22.4 Å². The third-order valence-corrected chi connectivity index (χ3v) is 9.80. The van der Waals surface area contributed by atoms with Crippen molar-refractivity contribution in [3.63, 3.8) is 0 Å². The first kappa shape index (κ1) is 21.1. The molecular formula is C22H25FN4O4S. The maximum absolute atomic E-state index is 13.2. The van der Waals surface area contributed by atoms with Crippen LogP contribution in [0.15, 0.2) is 24.3 Å². The number of benzene rings is 1. The zero-order valence-electron chi connectivity index (χ0n) is 17.8. The van der Waals surface area contributed by atoms with Crippen molar-refractivity contribution < 1.29 is 22.4 Å². The van der Waals surface area contributed by atoms with Gasteiger partial charge in [-0.25, -0.2) is 12.8 Å². The van der Waals surface area contributed by atoms with Gasteiger partial charge in [-0.1, -0.05) is 12.1 Å². The van der Waals surface area contributed by atoms with Gasteiger partial charge in [0.25, 0.3) is 11.8 Å². The number of fused-ring (bicyclic) bond motifs is 1. The highest BCUT2D eigenvalue weighted by Crippen LogP contribution is 2.50. The number of aromatic nitrogens is 2. The molecule has 1 N–H and O–H groups in total. The molecule has 10 heteroatoms. The highest BCUT2D eigenvalue weighted by atomic mass is 32.2. The van der Waals surface area contributed by atoms with Crippen LogP contribution in [0.2, 0.25) is 0 Å². The topological polar surface area (TPSA) is 101 Å². The van der Waals surface area contributed by atoms with Crippen LogP contribution in [0.3, 0.4) is 0 Å². The van der Waals surface area contributed by atoms with Crippen molar-refractivity contribution in [2.24, 2.45) is 7.05 Å². The summed E-state index contributed by atoms with van der Waals surface area (Å²) in [5.74, 6) is -1.03. The van der Waals surface area contributed by atoms with Crippen molar-refractivity contribution in [2.75, 3.05) is 13.1 Å². The molecule has 32 heavy (non-hydrogen) atoms. The van der Waals surface area contributed by atoms with Gasteiger partial charge in [0.2, 0.25) is 0 Å². The zero-order chi connectivity index (χ0) is 22.7. The summed E-state index contributed by atoms with van der Waals surface area (Å²) < 4.78 is 39.4. The Bertz CT molecular complexity index is 1200. The van der Waals surface area contributed by atoms with Gasteiger partial charge in [-0.2, -0.15) is 5.10 Å². The van der Waals surface area contributed by atoms with E-state index in [2.05, 4.69) is 10.4 Å². The molecule has 0 spiro atoms. The Morgan fingerprint density at radius 1 is 1.25 bits per heavy atom. The summed E-state index contributed by atoms with van der Waals surface area (Å²) in [7, 11) is -1.60. The Kier molecular flexibility index (Phi) is 4.88. The number of amides is 2. The number of sulfone groups is 1. The second-order valence-electron chi connectivity index (χ2n) is 9.01. The molecular weight excluding hydrogens is 435 g/mol. The quantitative estimate of drug-likeness (QED) is 0.676. The van der Waals surface area contributed by atoms with Gasteiger partial charge in [0, 0.05) is 32.2 Å². The molecule has 8 nitrogen and oxygen atoms in total. The Morgan fingerprint density at radius 2 is 1.94 bits per heavy atom. The molecule has 1 aromatic heterocycles. The minimum Gasteiger partial charge on any atom is -0.347 e. The predicted octanol–water partition coefficient (Wildman–Crippen LogP) is 1.60. The van der Waals surface area contributed by atoms with Crippen LogP contribution < -0.4 is 5.32 Å². The number of halogens is 1. The van der Waals surface area contributed by atoms with Crippen LogP contribution in [0.5, 0.6) is 0 Å². The molecule has 0 radical (unpaired) electrons. The summed E-state index contributed by atoms with van der Waals surface area (Å²) in [5, 5.41) is 6.81. The third kappa shape index (κ3) is 3.50. The first-order valence-electron chi connectivity index (χ1n) is 10.8. The molecule has 2 aromatic rings. The fraction of sp³-hybridized carbons (Fsp3) is 0.500. The number of carbonyl (C=O) groups is 2. The van der Waals surface area contributed by atoms with Crippen LogP contribution in [0, 0.1) is 5.82 Å². The minimum atomic E-state index is -3.21. The number of rotatable bonds is 7. The lowest BCUT2D eigenvalue weighted by molar-refractivity contribution is 0.0724. The van der Waals surface area contributed by atoms with Gasteiger partial charge in [0.05, 0.1) is 10.00 Å². The van der Waals surface area contributed by atoms with Gasteiger partial charge in [0.1, 0.15) is 11.5 Å². The van der Waals surface area contributed by atoms with E-state index in [1.54, 1.807) is 24.1 Å². The molecule has 5 rings (SSSR count). The van der Waals surface area contributed by atoms with Crippen LogP contribution in [0.4, 0.5) is 4.39 Å². The molecule has 0 bridgehead atoms. The van der Waals surface area contributed by atoms with Gasteiger partial charge in [-0.3, -0.25) is 14.3 Å². The summed E-state index contributed by atoms with van der Waals surface area (Å²) in [6.45, 7) is 0.783. The number of nitrogens with zero attached hydrogens (tertiary/aromatic N) is 3. The SMILES string of the molecule is Cn1nc(C(=O)NCc2ccc(F)cc2)c2c1C(=O)N(CC1(S(=O)(=O)C3CC3)CC1)CC2. The van der Waals surface area contributed by atoms with E-state index in [0.717, 1.165) is 18.4 Å². The molecule has 3 aliphatic rings. The van der Waals surface area contributed by atoms with E-state index in [1.165, 1.54) is 16.8 Å². The maximum atomic E-state index is 13.2. The molecule has 1 aliphatic heterocycles. The molecule has 1 aromatic carbocycles. The van der Waals surface area contributed by atoms with Crippen molar-refractivity contribution in [3.05, 3.63) is 52.6 Å². The molecule has 2 heterocycles. The highest BCUT2D eigenvalue weighted by Gasteiger charge is 2.60. The van der Waals surface area contributed by atoms with Crippen molar-refractivity contribution in [2.45, 2.75) is 48.6 Å². The Hall–Kier alpha value is -2.75. The van der Waals surface area contributed by atoms with E-state index >= 15 is 0 Å². The molecule has 170 valence electrons. The van der Waals surface area contributed by atoms with Crippen LogP contribution in [-0.4, -0.2) is 58.0 Å². The van der Waals surface area contributed by atoms with Crippen LogP contribution in [-0.2, 0) is 29.9 Å². The molecule has 0 unspecified atom stereocenters. The summed E-state index contributed by atoms with van der Waals surface area (Å²) >= 11 is 0. The van der Waals surface area contributed by atoms with Gasteiger partial charge in [-0.05, 0) is 49.8 Å². The molecule has 2 aliphatic carbocycles. The number of hydrogen-bond acceptors (Lipinski definition) is 5. The second kappa shape index (κ2) is 7.40. The molecule has 2 amide bonds. The van der Waals surface area contributed by atoms with E-state index in [0.29, 0.717) is 37.1 Å². The third-order valence-electron chi connectivity index (χ3n) is 6.70. The van der Waals surface area contributed by atoms with Crippen LogP contribution in [0.1, 0.15) is 57.8 Å². The zero-order valence-corrected chi connectivity index (χ0v) is 18.6. The summed E-state index contributed by atoms with van der Waals surface area (Å²) in [5.41, 5.74) is 1.87. The van der Waals surface area contributed by atoms with Gasteiger partial charge < -0.3 is 10.2 Å². The van der Waals surface area contributed by atoms with Crippen molar-refractivity contribution in [1.29, 1.82) is 0 Å². The second-order valence-corrected chi connectivity index (χ2v) is 11.6. The first-order valence-corrected chi connectivity index (χ1v) is 12.4. The van der Waals surface area contributed by atoms with Crippen molar-refractivity contribution in [1.82, 2.24) is 20.0 Å². The fourth-order valence-corrected chi connectivity index (χ4v) is 6.99. The smallest absolute Gasteiger partial charge is 0.272 e. The monoisotopic (exact) mass is 460 g/mol. The first-order chi connectivity index (χ1) is 15.2. The lowest BCUT2D eigenvalue weighted by atomic mass is 10.0. The lowest BCUT2D eigenvalue weighted by Gasteiger charge is -2.31. The maximum Gasteiger partial charge on any atom is 0.272 e. The van der Waals surface area contributed by atoms with E-state index in [1.807, 2.05) is 0 Å². The average Bonchev–Trinajstić information content (AvgIpc) is 3.67. The van der Waals surface area contributed by atoms with Gasteiger partial charge in [0.15, 0.2) is 15.5 Å². The summed E-state index contributed by atoms with van der Waals surface area (Å²) in [6, 6.07) is 5.84. The molecule has 2 fully saturated rings. The Balaban J connectivity index is 1.31. The minimum absolute atomic E-state index is 0.198. The largest absolute Gasteiger partial charge is 0.347 e. The van der Waals surface area contributed by atoms with E-state index < -0.39 is 20.5 Å². The number of aryl methyl sites for hydroxylation is 1. The summed E-state index contributed by atoms with van der Waals surface area (Å²) in [6.07, 6.45) is 3.09. The van der Waals surface area contributed by atoms with Gasteiger partial charge in [-0.15, -0.1) is 0 Å². The van der Waals surface area contributed by atoms with Crippen molar-refractivity contribution in [3.8, 4) is 0 Å². The van der Waals surface area contributed by atoms with Crippen LogP contribution >= 0.6 is 0 Å². The average molecular weight is 461 g/mol. The van der Waals surface area contributed by atoms with Crippen LogP contribution in [0.25, 0.3) is 0 Å². The molecule has 0 saturated heterocycles. The Labute approximate surface area is 185 Å². The summed E-state index contributed by atoms with van der Waals surface area (Å²) in [4.78, 5) is 27.6. The van der Waals surface area contributed by atoms with Crippen molar-refractivity contribution >= 4 is 21.7 Å². The van der Waals surface area contributed by atoms with Gasteiger partial charge >= 0.3 is 0 Å². The normalized spacial score (nSPS) is 19.6. The standard InChI is InChI=1S/C22H25FN4O4S/c1-26-19-17(18(25-26)20(28)24-12-14-2-4-15(23)5-3-14)8-11-27(21(19)29)13-22(9-10-22)32(30,31)16-6-7-16/h2-5,16H,6-13H2,1H3,(H,24,28). The number of carbonyl (C=O) groups excluding carboxylic acids is 2. The van der Waals surface area contributed by atoms with E-state index in [-0.39, 0.29) is 35.8 Å². The lowest BCUT2D eigenvalue weighted by Crippen LogP contribution is -2.46. The van der Waals surface area contributed by atoms with E-state index in [4.69, 9.17) is 0 Å². The number of hydrogen-bond donors (Lipinski definition) is 1. The molecule has 0 atom stereocenters. The highest BCUT2D eigenvalue weighted by molar-refractivity contribution is 7.94. The molecule has 2 saturated carbocycles. The predicted molar refractivity (Wildman–Crippen MR) is 114 cm³/mol. The Morgan fingerprint density at radius 3 is 2.56 bits per heavy atom. The fourth-order valence-electron chi connectivity index (χ4n) is 4.52. The number of nitrogens with one attached hydrogen (secondary N) is 1.